The summed E-state index contributed by atoms with van der Waals surface area (Å²) in [6, 6.07) is 8.05. The van der Waals surface area contributed by atoms with Crippen molar-refractivity contribution < 1.29 is 34.2 Å². The number of carbonyl (C=O) groups excluding carboxylic acids is 4. The summed E-state index contributed by atoms with van der Waals surface area (Å²) in [5.41, 5.74) is 13.9. The number of nitrogens with one attached hydrogen (secondary N) is 5. The number of aromatic amines is 2. The van der Waals surface area contributed by atoms with Crippen LogP contribution in [-0.4, -0.2) is 78.9 Å². The summed E-state index contributed by atoms with van der Waals surface area (Å²) in [6.07, 6.45) is 3.77. The third-order valence-corrected chi connectivity index (χ3v) is 7.09. The minimum atomic E-state index is -1.49. The van der Waals surface area contributed by atoms with E-state index in [0.29, 0.717) is 16.8 Å². The third kappa shape index (κ3) is 8.90. The van der Waals surface area contributed by atoms with Crippen LogP contribution in [0.25, 0.3) is 10.9 Å². The number of primary amides is 1. The van der Waals surface area contributed by atoms with Gasteiger partial charge < -0.3 is 47.6 Å². The van der Waals surface area contributed by atoms with Gasteiger partial charge >= 0.3 is 5.97 Å². The van der Waals surface area contributed by atoms with Crippen molar-refractivity contribution in [2.45, 2.75) is 49.9 Å². The minimum Gasteiger partial charge on any atom is -0.508 e. The molecule has 0 spiro atoms. The van der Waals surface area contributed by atoms with Gasteiger partial charge in [-0.05, 0) is 35.7 Å². The van der Waals surface area contributed by atoms with E-state index in [0.717, 1.165) is 10.9 Å². The lowest BCUT2D eigenvalue weighted by Gasteiger charge is -2.24. The number of benzene rings is 2. The first-order chi connectivity index (χ1) is 21.5. The number of nitrogens with two attached hydrogens (primary N) is 2. The van der Waals surface area contributed by atoms with E-state index in [1.807, 2.05) is 24.3 Å². The zero-order valence-electron chi connectivity index (χ0n) is 24.0. The third-order valence-electron chi connectivity index (χ3n) is 7.09. The number of rotatable bonds is 15. The Morgan fingerprint density at radius 1 is 0.822 bits per heavy atom. The monoisotopic (exact) mass is 618 g/mol. The summed E-state index contributed by atoms with van der Waals surface area (Å²) < 4.78 is 0. The minimum absolute atomic E-state index is 0.0383. The van der Waals surface area contributed by atoms with Crippen LogP contribution in [0.4, 0.5) is 0 Å². The standard InChI is InChI=1S/C30H34N8O7/c31-21(9-16-5-7-19(39)8-6-16)27(41)36-24(12-26(32)40)29(43)37-23(11-18-14-33-15-35-18)28(42)38-25(30(44)45)10-17-13-34-22-4-2-1-3-20(17)22/h1-8,13-15,21,23-25,34,39H,9-12,31H2,(H2,32,40)(H,33,35)(H,36,41)(H,37,43)(H,38,42)(H,44,45). The Kier molecular flexibility index (Phi) is 10.5. The van der Waals surface area contributed by atoms with E-state index in [-0.39, 0.29) is 25.0 Å². The van der Waals surface area contributed by atoms with Crippen molar-refractivity contribution in [3.8, 4) is 5.75 Å². The van der Waals surface area contributed by atoms with E-state index in [1.165, 1.54) is 24.7 Å². The van der Waals surface area contributed by atoms with Crippen molar-refractivity contribution in [3.63, 3.8) is 0 Å². The number of para-hydroxylation sites is 1. The van der Waals surface area contributed by atoms with Gasteiger partial charge in [0.25, 0.3) is 0 Å². The Morgan fingerprint density at radius 2 is 1.49 bits per heavy atom. The molecule has 2 aromatic carbocycles. The molecule has 0 fully saturated rings. The van der Waals surface area contributed by atoms with Crippen LogP contribution in [0, 0.1) is 0 Å². The first kappa shape index (κ1) is 32.2. The quantitative estimate of drug-likeness (QED) is 0.0820. The summed E-state index contributed by atoms with van der Waals surface area (Å²) in [4.78, 5) is 73.5. The molecule has 0 aliphatic carbocycles. The van der Waals surface area contributed by atoms with Crippen LogP contribution < -0.4 is 27.4 Å². The molecule has 4 rings (SSSR count). The van der Waals surface area contributed by atoms with Crippen molar-refractivity contribution in [2.24, 2.45) is 11.5 Å². The lowest BCUT2D eigenvalue weighted by Crippen LogP contribution is -2.58. The lowest BCUT2D eigenvalue weighted by molar-refractivity contribution is -0.142. The van der Waals surface area contributed by atoms with Gasteiger partial charge in [0.15, 0.2) is 0 Å². The van der Waals surface area contributed by atoms with E-state index in [1.54, 1.807) is 18.3 Å². The normalized spacial score (nSPS) is 13.7. The zero-order valence-corrected chi connectivity index (χ0v) is 24.0. The Labute approximate surface area is 256 Å². The van der Waals surface area contributed by atoms with Gasteiger partial charge in [-0.1, -0.05) is 30.3 Å². The SMILES string of the molecule is NC(=O)CC(NC(=O)C(N)Cc1ccc(O)cc1)C(=O)NC(Cc1cnc[nH]1)C(=O)NC(Cc1c[nH]c2ccccc12)C(=O)O. The molecule has 2 aromatic heterocycles. The molecule has 4 atom stereocenters. The number of aromatic nitrogens is 3. The molecule has 15 nitrogen and oxygen atoms in total. The summed E-state index contributed by atoms with van der Waals surface area (Å²) >= 11 is 0. The summed E-state index contributed by atoms with van der Waals surface area (Å²) in [6.45, 7) is 0. The first-order valence-corrected chi connectivity index (χ1v) is 14.0. The molecule has 45 heavy (non-hydrogen) atoms. The number of amides is 4. The summed E-state index contributed by atoms with van der Waals surface area (Å²) in [5, 5.41) is 27.6. The number of hydrogen-bond acceptors (Lipinski definition) is 8. The number of aromatic hydroxyl groups is 1. The fraction of sp³-hybridized carbons (Fsp3) is 0.267. The van der Waals surface area contributed by atoms with E-state index < -0.39 is 60.2 Å². The number of aliphatic carboxylic acids is 1. The fourth-order valence-corrected chi connectivity index (χ4v) is 4.76. The number of carboxylic acids is 1. The molecule has 0 bridgehead atoms. The Morgan fingerprint density at radius 3 is 2.16 bits per heavy atom. The van der Waals surface area contributed by atoms with E-state index in [9.17, 15) is 34.2 Å². The Bertz CT molecular complexity index is 1650. The average Bonchev–Trinajstić information content (AvgIpc) is 3.67. The molecule has 0 saturated heterocycles. The number of H-pyrrole nitrogens is 2. The summed E-state index contributed by atoms with van der Waals surface area (Å²) in [5.74, 6) is -4.65. The molecule has 0 aliphatic heterocycles. The van der Waals surface area contributed by atoms with Crippen molar-refractivity contribution in [2.75, 3.05) is 0 Å². The van der Waals surface area contributed by atoms with Crippen molar-refractivity contribution in [1.29, 1.82) is 0 Å². The smallest absolute Gasteiger partial charge is 0.326 e. The van der Waals surface area contributed by atoms with Gasteiger partial charge in [0.1, 0.15) is 23.9 Å². The maximum Gasteiger partial charge on any atom is 0.326 e. The number of phenolic OH excluding ortho intramolecular Hbond substituents is 1. The van der Waals surface area contributed by atoms with Gasteiger partial charge in [0.05, 0.1) is 18.8 Å². The second kappa shape index (κ2) is 14.7. The van der Waals surface area contributed by atoms with Crippen LogP contribution in [0.2, 0.25) is 0 Å². The lowest BCUT2D eigenvalue weighted by atomic mass is 10.0. The topological polar surface area (TPSA) is 258 Å². The molecular formula is C30H34N8O7. The molecule has 11 N–H and O–H groups in total. The fourth-order valence-electron chi connectivity index (χ4n) is 4.76. The highest BCUT2D eigenvalue weighted by molar-refractivity contribution is 5.96. The number of hydrogen-bond donors (Lipinski definition) is 9. The van der Waals surface area contributed by atoms with Crippen LogP contribution in [-0.2, 0) is 43.2 Å². The van der Waals surface area contributed by atoms with Gasteiger partial charge in [-0.15, -0.1) is 0 Å². The van der Waals surface area contributed by atoms with Crippen LogP contribution in [0.3, 0.4) is 0 Å². The van der Waals surface area contributed by atoms with Crippen molar-refractivity contribution in [3.05, 3.63) is 84.1 Å². The molecule has 4 aromatic rings. The molecule has 15 heteroatoms. The van der Waals surface area contributed by atoms with Crippen LogP contribution >= 0.6 is 0 Å². The van der Waals surface area contributed by atoms with Crippen LogP contribution in [0.15, 0.2) is 67.3 Å². The highest BCUT2D eigenvalue weighted by Gasteiger charge is 2.32. The number of carbonyl (C=O) groups is 5. The molecule has 2 heterocycles. The van der Waals surface area contributed by atoms with Gasteiger partial charge in [-0.3, -0.25) is 19.2 Å². The van der Waals surface area contributed by atoms with Crippen molar-refractivity contribution >= 4 is 40.5 Å². The molecular weight excluding hydrogens is 584 g/mol. The molecule has 4 unspecified atom stereocenters. The van der Waals surface area contributed by atoms with Gasteiger partial charge in [-0.25, -0.2) is 9.78 Å². The van der Waals surface area contributed by atoms with E-state index in [4.69, 9.17) is 11.5 Å². The molecule has 0 aliphatic rings. The van der Waals surface area contributed by atoms with Gasteiger partial charge in [0.2, 0.25) is 23.6 Å². The number of phenols is 1. The predicted octanol–water partition coefficient (Wildman–Crippen LogP) is -0.634. The zero-order chi connectivity index (χ0) is 32.5. The van der Waals surface area contributed by atoms with Crippen molar-refractivity contribution in [1.82, 2.24) is 30.9 Å². The number of nitrogens with zero attached hydrogens (tertiary/aromatic N) is 1. The first-order valence-electron chi connectivity index (χ1n) is 14.0. The molecule has 0 saturated carbocycles. The highest BCUT2D eigenvalue weighted by atomic mass is 16.4. The second-order valence-electron chi connectivity index (χ2n) is 10.5. The number of carboxylic acid groups (broad SMARTS) is 1. The molecule has 4 amide bonds. The maximum atomic E-state index is 13.5. The molecule has 236 valence electrons. The summed E-state index contributed by atoms with van der Waals surface area (Å²) in [7, 11) is 0. The Balaban J connectivity index is 1.48. The van der Waals surface area contributed by atoms with Gasteiger partial charge in [-0.2, -0.15) is 0 Å². The highest BCUT2D eigenvalue weighted by Crippen LogP contribution is 2.19. The maximum absolute atomic E-state index is 13.5. The second-order valence-corrected chi connectivity index (χ2v) is 10.5. The number of imidazole rings is 1. The number of fused-ring (bicyclic) bond motifs is 1. The van der Waals surface area contributed by atoms with E-state index >= 15 is 0 Å². The Hall–Kier alpha value is -5.70. The van der Waals surface area contributed by atoms with Crippen LogP contribution in [0.5, 0.6) is 5.75 Å². The van der Waals surface area contributed by atoms with Crippen LogP contribution in [0.1, 0.15) is 23.2 Å². The largest absolute Gasteiger partial charge is 0.508 e. The molecule has 0 radical (unpaired) electrons. The van der Waals surface area contributed by atoms with E-state index in [2.05, 4.69) is 30.9 Å². The van der Waals surface area contributed by atoms with Gasteiger partial charge in [0, 0.05) is 41.8 Å². The average molecular weight is 619 g/mol. The predicted molar refractivity (Wildman–Crippen MR) is 161 cm³/mol.